The van der Waals surface area contributed by atoms with Gasteiger partial charge in [0.2, 0.25) is 0 Å². The third-order valence-electron chi connectivity index (χ3n) is 3.12. The van der Waals surface area contributed by atoms with Crippen LogP contribution < -0.4 is 10.6 Å². The molecule has 0 aliphatic carbocycles. The number of benzene rings is 1. The van der Waals surface area contributed by atoms with Crippen molar-refractivity contribution in [3.63, 3.8) is 0 Å². The van der Waals surface area contributed by atoms with Crippen LogP contribution in [0.1, 0.15) is 23.2 Å². The fourth-order valence-corrected chi connectivity index (χ4v) is 2.10. The van der Waals surface area contributed by atoms with Crippen molar-refractivity contribution < 1.29 is 13.6 Å². The van der Waals surface area contributed by atoms with Gasteiger partial charge < -0.3 is 10.6 Å². The third-order valence-corrected chi connectivity index (χ3v) is 3.12. The summed E-state index contributed by atoms with van der Waals surface area (Å²) in [6.45, 7) is 2.34. The second-order valence-corrected chi connectivity index (χ2v) is 4.55. The number of hydrogen-bond donors (Lipinski definition) is 2. The van der Waals surface area contributed by atoms with Gasteiger partial charge in [0.25, 0.3) is 5.91 Å². The summed E-state index contributed by atoms with van der Waals surface area (Å²) in [6, 6.07) is 2.88. The quantitative estimate of drug-likeness (QED) is 0.862. The van der Waals surface area contributed by atoms with Gasteiger partial charge in [-0.3, -0.25) is 4.79 Å². The monoisotopic (exact) mass is 254 g/mol. The van der Waals surface area contributed by atoms with Crippen molar-refractivity contribution in [2.75, 3.05) is 19.6 Å². The fraction of sp³-hybridized carbons (Fsp3) is 0.462. The Hall–Kier alpha value is -1.49. The maximum atomic E-state index is 13.3. The van der Waals surface area contributed by atoms with Crippen molar-refractivity contribution in [1.29, 1.82) is 0 Å². The Kier molecular flexibility index (Phi) is 4.25. The lowest BCUT2D eigenvalue weighted by Crippen LogP contribution is -2.38. The summed E-state index contributed by atoms with van der Waals surface area (Å²) < 4.78 is 26.3. The van der Waals surface area contributed by atoms with Gasteiger partial charge >= 0.3 is 0 Å². The Bertz CT molecular complexity index is 431. The van der Waals surface area contributed by atoms with Crippen molar-refractivity contribution in [2.45, 2.75) is 12.8 Å². The molecule has 1 aromatic carbocycles. The molecule has 2 rings (SSSR count). The third kappa shape index (κ3) is 3.26. The number of amides is 1. The molecule has 1 unspecified atom stereocenters. The van der Waals surface area contributed by atoms with Crippen LogP contribution in [0.3, 0.4) is 0 Å². The first-order valence-electron chi connectivity index (χ1n) is 6.11. The molecule has 18 heavy (non-hydrogen) atoms. The number of nitrogens with one attached hydrogen (secondary N) is 2. The topological polar surface area (TPSA) is 41.1 Å². The molecule has 1 heterocycles. The van der Waals surface area contributed by atoms with Gasteiger partial charge in [0.15, 0.2) is 0 Å². The zero-order chi connectivity index (χ0) is 13.0. The van der Waals surface area contributed by atoms with Crippen LogP contribution in [0.2, 0.25) is 0 Å². The highest BCUT2D eigenvalue weighted by atomic mass is 19.1. The van der Waals surface area contributed by atoms with E-state index in [1.54, 1.807) is 0 Å². The number of rotatable bonds is 3. The van der Waals surface area contributed by atoms with E-state index in [-0.39, 0.29) is 5.56 Å². The molecule has 0 spiro atoms. The molecule has 1 aliphatic rings. The molecule has 0 radical (unpaired) electrons. The van der Waals surface area contributed by atoms with Crippen LogP contribution in [-0.2, 0) is 0 Å². The van der Waals surface area contributed by atoms with Crippen LogP contribution >= 0.6 is 0 Å². The molecule has 1 atom stereocenters. The first kappa shape index (κ1) is 13.0. The van der Waals surface area contributed by atoms with Crippen LogP contribution in [0.5, 0.6) is 0 Å². The lowest BCUT2D eigenvalue weighted by Gasteiger charge is -2.22. The Morgan fingerprint density at radius 1 is 1.44 bits per heavy atom. The lowest BCUT2D eigenvalue weighted by molar-refractivity contribution is 0.0940. The molecule has 0 aromatic heterocycles. The summed E-state index contributed by atoms with van der Waals surface area (Å²) in [4.78, 5) is 11.7. The zero-order valence-corrected chi connectivity index (χ0v) is 10.0. The number of piperidine rings is 1. The summed E-state index contributed by atoms with van der Waals surface area (Å²) in [5.41, 5.74) is -0.237. The molecular formula is C13H16F2N2O. The van der Waals surface area contributed by atoms with Crippen LogP contribution in [-0.4, -0.2) is 25.5 Å². The normalized spacial score (nSPS) is 19.6. The Balaban J connectivity index is 1.92. The Labute approximate surface area is 105 Å². The smallest absolute Gasteiger partial charge is 0.254 e. The minimum Gasteiger partial charge on any atom is -0.352 e. The van der Waals surface area contributed by atoms with Crippen molar-refractivity contribution in [1.82, 2.24) is 10.6 Å². The van der Waals surface area contributed by atoms with E-state index in [4.69, 9.17) is 0 Å². The highest BCUT2D eigenvalue weighted by Crippen LogP contribution is 2.11. The van der Waals surface area contributed by atoms with Gasteiger partial charge in [0.1, 0.15) is 11.6 Å². The molecule has 1 amide bonds. The van der Waals surface area contributed by atoms with Crippen LogP contribution in [0.4, 0.5) is 8.78 Å². The van der Waals surface area contributed by atoms with E-state index >= 15 is 0 Å². The van der Waals surface area contributed by atoms with Gasteiger partial charge in [0, 0.05) is 6.54 Å². The molecule has 5 heteroatoms. The van der Waals surface area contributed by atoms with E-state index in [2.05, 4.69) is 10.6 Å². The van der Waals surface area contributed by atoms with Gasteiger partial charge in [0.05, 0.1) is 5.56 Å². The van der Waals surface area contributed by atoms with E-state index in [0.717, 1.165) is 44.1 Å². The minimum absolute atomic E-state index is 0.237. The van der Waals surface area contributed by atoms with Gasteiger partial charge in [-0.15, -0.1) is 0 Å². The maximum absolute atomic E-state index is 13.3. The highest BCUT2D eigenvalue weighted by Gasteiger charge is 2.16. The van der Waals surface area contributed by atoms with Crippen LogP contribution in [0.15, 0.2) is 18.2 Å². The average Bonchev–Trinajstić information content (AvgIpc) is 2.40. The van der Waals surface area contributed by atoms with Crippen LogP contribution in [0.25, 0.3) is 0 Å². The summed E-state index contributed by atoms with van der Waals surface area (Å²) in [5.74, 6) is -1.51. The predicted molar refractivity (Wildman–Crippen MR) is 64.3 cm³/mol. The Morgan fingerprint density at radius 2 is 2.28 bits per heavy atom. The van der Waals surface area contributed by atoms with E-state index < -0.39 is 17.5 Å². The van der Waals surface area contributed by atoms with Crippen molar-refractivity contribution in [3.8, 4) is 0 Å². The van der Waals surface area contributed by atoms with Crippen molar-refractivity contribution >= 4 is 5.91 Å². The van der Waals surface area contributed by atoms with Crippen molar-refractivity contribution in [2.24, 2.45) is 5.92 Å². The minimum atomic E-state index is -0.698. The molecule has 0 bridgehead atoms. The number of carbonyl (C=O) groups excluding carboxylic acids is 1. The fourth-order valence-electron chi connectivity index (χ4n) is 2.10. The summed E-state index contributed by atoms with van der Waals surface area (Å²) in [6.07, 6.45) is 2.12. The molecular weight excluding hydrogens is 238 g/mol. The number of carbonyl (C=O) groups is 1. The summed E-state index contributed by atoms with van der Waals surface area (Å²) in [5, 5.41) is 5.88. The molecule has 3 nitrogen and oxygen atoms in total. The maximum Gasteiger partial charge on any atom is 0.254 e. The zero-order valence-electron chi connectivity index (χ0n) is 10.0. The highest BCUT2D eigenvalue weighted by molar-refractivity contribution is 5.94. The van der Waals surface area contributed by atoms with Gasteiger partial charge in [-0.2, -0.15) is 0 Å². The SMILES string of the molecule is O=C(NCC1CCCNC1)c1cc(F)ccc1F. The first-order valence-corrected chi connectivity index (χ1v) is 6.11. The standard InChI is InChI=1S/C13H16F2N2O/c14-10-3-4-12(15)11(6-10)13(18)17-8-9-2-1-5-16-7-9/h3-4,6,9,16H,1-2,5,7-8H2,(H,17,18). The Morgan fingerprint density at radius 3 is 3.00 bits per heavy atom. The number of halogens is 2. The second kappa shape index (κ2) is 5.91. The van der Waals surface area contributed by atoms with E-state index in [1.165, 1.54) is 0 Å². The molecule has 1 saturated heterocycles. The van der Waals surface area contributed by atoms with E-state index in [1.807, 2.05) is 0 Å². The summed E-state index contributed by atoms with van der Waals surface area (Å²) >= 11 is 0. The summed E-state index contributed by atoms with van der Waals surface area (Å²) in [7, 11) is 0. The molecule has 1 aliphatic heterocycles. The van der Waals surface area contributed by atoms with E-state index in [0.29, 0.717) is 12.5 Å². The molecule has 1 fully saturated rings. The van der Waals surface area contributed by atoms with Gasteiger partial charge in [-0.25, -0.2) is 8.78 Å². The largest absolute Gasteiger partial charge is 0.352 e. The predicted octanol–water partition coefficient (Wildman–Crippen LogP) is 1.69. The molecule has 2 N–H and O–H groups in total. The second-order valence-electron chi connectivity index (χ2n) is 4.55. The van der Waals surface area contributed by atoms with Gasteiger partial charge in [-0.1, -0.05) is 0 Å². The first-order chi connectivity index (χ1) is 8.66. The average molecular weight is 254 g/mol. The lowest BCUT2D eigenvalue weighted by atomic mass is 9.99. The molecule has 98 valence electrons. The van der Waals surface area contributed by atoms with Crippen LogP contribution in [0, 0.1) is 17.6 Å². The van der Waals surface area contributed by atoms with Crippen molar-refractivity contribution in [3.05, 3.63) is 35.4 Å². The van der Waals surface area contributed by atoms with E-state index in [9.17, 15) is 13.6 Å². The molecule has 1 aromatic rings. The van der Waals surface area contributed by atoms with Gasteiger partial charge in [-0.05, 0) is 50.0 Å². The molecule has 0 saturated carbocycles. The number of hydrogen-bond acceptors (Lipinski definition) is 2.